The van der Waals surface area contributed by atoms with Crippen LogP contribution in [0.3, 0.4) is 0 Å². The molecule has 0 aromatic rings. The molecular formula is C20H43N2O2P. The van der Waals surface area contributed by atoms with Gasteiger partial charge in [0.2, 0.25) is 0 Å². The molecule has 0 radical (unpaired) electrons. The number of carbonyl (C=O) groups is 1. The van der Waals surface area contributed by atoms with Gasteiger partial charge in [-0.15, -0.1) is 0 Å². The Bertz CT molecular complexity index is 353. The number of unbranched alkanes of at least 4 members (excludes halogenated alkanes) is 3. The Morgan fingerprint density at radius 2 is 1.36 bits per heavy atom. The minimum atomic E-state index is -1.08. The molecule has 25 heavy (non-hydrogen) atoms. The maximum atomic E-state index is 8.89. The average molecular weight is 375 g/mol. The fourth-order valence-corrected chi connectivity index (χ4v) is 7.02. The van der Waals surface area contributed by atoms with Gasteiger partial charge in [-0.1, -0.05) is 0 Å². The Balaban J connectivity index is 0. The third-order valence-corrected chi connectivity index (χ3v) is 8.98. The molecule has 0 fully saturated rings. The van der Waals surface area contributed by atoms with Gasteiger partial charge in [-0.05, 0) is 6.92 Å². The molecule has 4 nitrogen and oxygen atoms in total. The molecule has 0 saturated carbocycles. The van der Waals surface area contributed by atoms with Gasteiger partial charge in [0, 0.05) is 5.97 Å². The molecule has 5 heteroatoms. The van der Waals surface area contributed by atoms with Gasteiger partial charge >= 0.3 is 91.7 Å². The summed E-state index contributed by atoms with van der Waals surface area (Å²) in [6, 6.07) is 0. The van der Waals surface area contributed by atoms with Crippen molar-refractivity contribution < 1.29 is 14.4 Å². The van der Waals surface area contributed by atoms with Crippen molar-refractivity contribution in [3.05, 3.63) is 12.4 Å². The van der Waals surface area contributed by atoms with E-state index in [1.165, 1.54) is 38.5 Å². The molecule has 0 amide bonds. The Kier molecular flexibility index (Phi) is 16.4. The van der Waals surface area contributed by atoms with Crippen molar-refractivity contribution in [3.8, 4) is 0 Å². The van der Waals surface area contributed by atoms with E-state index < -0.39 is 13.2 Å². The van der Waals surface area contributed by atoms with Crippen molar-refractivity contribution in [1.82, 2.24) is 0 Å². The Hall–Kier alpha value is -0.730. The SMILES string of the molecule is CC(=O)[O-].CCCC[PH](C)(CCCC)CCCC.C[N+]1(C)C=CN=C1. The molecule has 1 aliphatic heterocycles. The van der Waals surface area contributed by atoms with Gasteiger partial charge in [0.25, 0.3) is 0 Å². The van der Waals surface area contributed by atoms with Gasteiger partial charge in [-0.2, -0.15) is 0 Å². The second-order valence-corrected chi connectivity index (χ2v) is 12.9. The van der Waals surface area contributed by atoms with E-state index in [1.807, 2.05) is 12.5 Å². The minimum Gasteiger partial charge on any atom is -0.258 e. The van der Waals surface area contributed by atoms with Crippen LogP contribution in [0.4, 0.5) is 0 Å². The predicted octanol–water partition coefficient (Wildman–Crippen LogP) is 4.10. The number of hydrogen-bond acceptors (Lipinski definition) is 3. The van der Waals surface area contributed by atoms with Crippen LogP contribution in [0.1, 0.15) is 66.2 Å². The summed E-state index contributed by atoms with van der Waals surface area (Å²) < 4.78 is 0.778. The summed E-state index contributed by atoms with van der Waals surface area (Å²) in [5.74, 6) is -1.08. The molecular weight excluding hydrogens is 331 g/mol. The zero-order valence-corrected chi connectivity index (χ0v) is 18.8. The molecule has 0 N–H and O–H groups in total. The van der Waals surface area contributed by atoms with Crippen LogP contribution in [-0.4, -0.2) is 56.0 Å². The molecule has 0 aromatic carbocycles. The summed E-state index contributed by atoms with van der Waals surface area (Å²) >= 11 is 0. The fraction of sp³-hybridized carbons (Fsp3) is 0.800. The molecule has 150 valence electrons. The zero-order chi connectivity index (χ0) is 19.8. The van der Waals surface area contributed by atoms with E-state index in [9.17, 15) is 0 Å². The number of rotatable bonds is 9. The van der Waals surface area contributed by atoms with Gasteiger partial charge < -0.3 is 9.90 Å². The van der Waals surface area contributed by atoms with Crippen LogP contribution in [0.15, 0.2) is 17.4 Å². The predicted molar refractivity (Wildman–Crippen MR) is 114 cm³/mol. The monoisotopic (exact) mass is 374 g/mol. The first-order chi connectivity index (χ1) is 11.6. The van der Waals surface area contributed by atoms with Crippen LogP contribution in [0, 0.1) is 0 Å². The minimum absolute atomic E-state index is 0.778. The smallest absolute Gasteiger partial charge is 0.194 e. The average Bonchev–Trinajstić information content (AvgIpc) is 2.93. The van der Waals surface area contributed by atoms with Gasteiger partial charge in [0.15, 0.2) is 6.34 Å². The van der Waals surface area contributed by atoms with E-state index in [0.717, 1.165) is 11.4 Å². The number of aliphatic carboxylic acids is 1. The summed E-state index contributed by atoms with van der Waals surface area (Å²) in [6.07, 6.45) is 19.1. The third-order valence-electron chi connectivity index (χ3n) is 4.30. The van der Waals surface area contributed by atoms with Gasteiger partial charge in [-0.25, -0.2) is 4.99 Å². The molecule has 0 bridgehead atoms. The molecule has 0 saturated heterocycles. The van der Waals surface area contributed by atoms with Crippen LogP contribution in [0.25, 0.3) is 0 Å². The molecule has 0 aliphatic carbocycles. The number of nitrogens with zero attached hydrogens (tertiary/aromatic N) is 2. The van der Waals surface area contributed by atoms with Crippen molar-refractivity contribution in [2.75, 3.05) is 39.2 Å². The maximum Gasteiger partial charge on any atom is 0.194 e. The number of aliphatic imine (C=N–C) groups is 1. The summed E-state index contributed by atoms with van der Waals surface area (Å²) in [6.45, 7) is 10.6. The standard InChI is InChI=1S/C13H31P.C5H9N2.C2H4O2/c1-5-8-11-14(4,12-9-6-2)13-10-7-3;1-7(2)4-3-6-5-7;1-2(3)4/h14H,5-13H2,1-4H3;3-5H,1-2H3;1H3,(H,3,4)/q;+1;/p-1. The van der Waals surface area contributed by atoms with Crippen LogP contribution in [0.2, 0.25) is 0 Å². The molecule has 0 spiro atoms. The van der Waals surface area contributed by atoms with Crippen molar-refractivity contribution in [3.63, 3.8) is 0 Å². The van der Waals surface area contributed by atoms with E-state index in [-0.39, 0.29) is 0 Å². The first-order valence-corrected chi connectivity index (χ1v) is 13.0. The van der Waals surface area contributed by atoms with E-state index in [2.05, 4.69) is 46.5 Å². The summed E-state index contributed by atoms with van der Waals surface area (Å²) in [4.78, 5) is 12.8. The molecule has 0 unspecified atom stereocenters. The maximum absolute atomic E-state index is 8.89. The largest absolute Gasteiger partial charge is 0.258 e. The number of carbonyl (C=O) groups excluding carboxylic acids is 1. The van der Waals surface area contributed by atoms with E-state index in [4.69, 9.17) is 9.90 Å². The fourth-order valence-electron chi connectivity index (χ4n) is 2.64. The summed E-state index contributed by atoms with van der Waals surface area (Å²) in [5, 5.41) is 8.89. The zero-order valence-electron chi connectivity index (χ0n) is 17.8. The first kappa shape index (κ1) is 26.5. The molecule has 0 atom stereocenters. The number of carboxylic acids is 1. The molecule has 1 rings (SSSR count). The van der Waals surface area contributed by atoms with Gasteiger partial charge in [-0.3, -0.25) is 4.48 Å². The van der Waals surface area contributed by atoms with Crippen LogP contribution in [-0.2, 0) is 4.79 Å². The Morgan fingerprint density at radius 1 is 1.00 bits per heavy atom. The topological polar surface area (TPSA) is 52.5 Å². The Labute approximate surface area is 157 Å². The number of hydrogen-bond donors (Lipinski definition) is 0. The summed E-state index contributed by atoms with van der Waals surface area (Å²) in [5.41, 5.74) is 0. The number of quaternary nitrogens is 1. The van der Waals surface area contributed by atoms with Gasteiger partial charge in [0.1, 0.15) is 6.20 Å². The quantitative estimate of drug-likeness (QED) is 0.451. The van der Waals surface area contributed by atoms with Crippen molar-refractivity contribution in [2.45, 2.75) is 66.2 Å². The van der Waals surface area contributed by atoms with Crippen molar-refractivity contribution >= 4 is 19.6 Å². The molecule has 1 heterocycles. The normalized spacial score (nSPS) is 15.0. The van der Waals surface area contributed by atoms with E-state index in [0.29, 0.717) is 0 Å². The second-order valence-electron chi connectivity index (χ2n) is 7.80. The Morgan fingerprint density at radius 3 is 1.52 bits per heavy atom. The first-order valence-electron chi connectivity index (χ1n) is 9.85. The number of carboxylic acid groups (broad SMARTS) is 1. The molecule has 0 aromatic heterocycles. The van der Waals surface area contributed by atoms with Crippen molar-refractivity contribution in [1.29, 1.82) is 0 Å². The van der Waals surface area contributed by atoms with E-state index in [1.54, 1.807) is 24.7 Å². The second kappa shape index (κ2) is 15.5. The van der Waals surface area contributed by atoms with Crippen molar-refractivity contribution in [2.24, 2.45) is 4.99 Å². The third kappa shape index (κ3) is 19.4. The van der Waals surface area contributed by atoms with Crippen LogP contribution >= 0.6 is 7.26 Å². The van der Waals surface area contributed by atoms with E-state index >= 15 is 0 Å². The van der Waals surface area contributed by atoms with Gasteiger partial charge in [0.05, 0.1) is 20.3 Å². The van der Waals surface area contributed by atoms with Crippen LogP contribution in [0.5, 0.6) is 0 Å². The molecule has 1 aliphatic rings. The van der Waals surface area contributed by atoms with Crippen LogP contribution < -0.4 is 5.11 Å². The summed E-state index contributed by atoms with van der Waals surface area (Å²) in [7, 11) is 3.31.